The molecule has 34 heavy (non-hydrogen) atoms. The normalized spacial score (nSPS) is 19.9. The molecule has 184 valence electrons. The fourth-order valence-electron chi connectivity index (χ4n) is 5.12. The molecule has 1 atom stereocenters. The minimum Gasteiger partial charge on any atom is -0.383 e. The molecule has 1 unspecified atom stereocenters. The third kappa shape index (κ3) is 5.03. The Morgan fingerprint density at radius 3 is 2.41 bits per heavy atom. The van der Waals surface area contributed by atoms with Crippen molar-refractivity contribution >= 4 is 27.2 Å². The van der Waals surface area contributed by atoms with Gasteiger partial charge in [0.1, 0.15) is 11.5 Å². The summed E-state index contributed by atoms with van der Waals surface area (Å²) in [4.78, 5) is 44.0. The maximum Gasteiger partial charge on any atom is 0.330 e. The van der Waals surface area contributed by atoms with Gasteiger partial charge in [-0.05, 0) is 24.8 Å². The molecule has 1 aromatic heterocycles. The Hall–Kier alpha value is -3.08. The molecule has 4 rings (SSSR count). The van der Waals surface area contributed by atoms with Crippen molar-refractivity contribution in [1.82, 2.24) is 14.5 Å². The number of anilines is 2. The van der Waals surface area contributed by atoms with E-state index in [2.05, 4.69) is 4.98 Å². The largest absolute Gasteiger partial charge is 0.383 e. The number of hydrogen-bond donors (Lipinski definition) is 2. The standard InChI is InChI=1S/C23H31N5O5S/c1-26(14-19(29)28(17-9-5-6-10-17)18-11-12-34(32,33)15-18)20-21(24)27(23(31)25-22(20)30)13-16-7-3-2-4-8-16/h2-4,7-8,17-18H,5-6,9-15,24H2,1H3,(H,25,30,31). The molecule has 0 spiro atoms. The van der Waals surface area contributed by atoms with E-state index in [-0.39, 0.29) is 54.1 Å². The Bertz CT molecular complexity index is 1260. The Balaban J connectivity index is 1.60. The number of H-pyrrole nitrogens is 1. The smallest absolute Gasteiger partial charge is 0.330 e. The first kappa shape index (κ1) is 24.1. The molecule has 3 N–H and O–H groups in total. The van der Waals surface area contributed by atoms with Crippen molar-refractivity contribution in [1.29, 1.82) is 0 Å². The van der Waals surface area contributed by atoms with Crippen molar-refractivity contribution in [2.24, 2.45) is 0 Å². The number of likely N-dealkylation sites (N-methyl/N-ethyl adjacent to an activating group) is 1. The SMILES string of the molecule is CN(CC(=O)N(C1CCCC1)C1CCS(=O)(=O)C1)c1c(N)n(Cc2ccccc2)c(=O)[nH]c1=O. The van der Waals surface area contributed by atoms with Gasteiger partial charge in [0.05, 0.1) is 24.6 Å². The van der Waals surface area contributed by atoms with Gasteiger partial charge in [-0.2, -0.15) is 0 Å². The molecule has 2 fully saturated rings. The summed E-state index contributed by atoms with van der Waals surface area (Å²) in [7, 11) is -1.58. The zero-order valence-corrected chi connectivity index (χ0v) is 20.1. The highest BCUT2D eigenvalue weighted by atomic mass is 32.2. The van der Waals surface area contributed by atoms with E-state index in [9.17, 15) is 22.8 Å². The second-order valence-electron chi connectivity index (χ2n) is 9.22. The zero-order valence-electron chi connectivity index (χ0n) is 19.3. The van der Waals surface area contributed by atoms with Gasteiger partial charge in [-0.3, -0.25) is 19.1 Å². The third-order valence-corrected chi connectivity index (χ3v) is 8.51. The van der Waals surface area contributed by atoms with Gasteiger partial charge in [-0.15, -0.1) is 0 Å². The second kappa shape index (κ2) is 9.65. The second-order valence-corrected chi connectivity index (χ2v) is 11.4. The van der Waals surface area contributed by atoms with Crippen molar-refractivity contribution < 1.29 is 13.2 Å². The van der Waals surface area contributed by atoms with Crippen LogP contribution in [0.1, 0.15) is 37.7 Å². The van der Waals surface area contributed by atoms with E-state index >= 15 is 0 Å². The van der Waals surface area contributed by atoms with Gasteiger partial charge >= 0.3 is 5.69 Å². The molecule has 11 heteroatoms. The van der Waals surface area contributed by atoms with Crippen LogP contribution in [0, 0.1) is 0 Å². The van der Waals surface area contributed by atoms with Crippen LogP contribution in [-0.2, 0) is 21.2 Å². The summed E-state index contributed by atoms with van der Waals surface area (Å²) in [5.74, 6) is -0.204. The number of amides is 1. The zero-order chi connectivity index (χ0) is 24.5. The molecule has 1 aliphatic heterocycles. The Morgan fingerprint density at radius 1 is 1.12 bits per heavy atom. The summed E-state index contributed by atoms with van der Waals surface area (Å²) in [6.45, 7) is 0.0229. The fourth-order valence-corrected chi connectivity index (χ4v) is 6.83. The van der Waals surface area contributed by atoms with Gasteiger partial charge < -0.3 is 15.5 Å². The molecule has 0 radical (unpaired) electrons. The molecule has 1 aromatic carbocycles. The highest BCUT2D eigenvalue weighted by molar-refractivity contribution is 7.91. The van der Waals surface area contributed by atoms with Crippen molar-refractivity contribution in [3.05, 3.63) is 56.7 Å². The quantitative estimate of drug-likeness (QED) is 0.579. The number of nitrogen functional groups attached to an aromatic ring is 1. The van der Waals surface area contributed by atoms with E-state index in [1.807, 2.05) is 30.3 Å². The van der Waals surface area contributed by atoms with Crippen LogP contribution in [0.25, 0.3) is 0 Å². The topological polar surface area (TPSA) is 139 Å². The molecular weight excluding hydrogens is 458 g/mol. The number of nitrogens with one attached hydrogen (secondary N) is 1. The van der Waals surface area contributed by atoms with Crippen molar-refractivity contribution in [2.75, 3.05) is 35.7 Å². The lowest BCUT2D eigenvalue weighted by Gasteiger charge is -2.35. The van der Waals surface area contributed by atoms with Crippen molar-refractivity contribution in [3.63, 3.8) is 0 Å². The molecule has 10 nitrogen and oxygen atoms in total. The summed E-state index contributed by atoms with van der Waals surface area (Å²) in [6, 6.07) is 8.89. The number of carbonyl (C=O) groups is 1. The van der Waals surface area contributed by atoms with Crippen LogP contribution in [0.4, 0.5) is 11.5 Å². The molecule has 2 aromatic rings. The maximum atomic E-state index is 13.4. The number of nitrogens with zero attached hydrogens (tertiary/aromatic N) is 3. The molecule has 1 saturated carbocycles. The van der Waals surface area contributed by atoms with Gasteiger partial charge in [-0.1, -0.05) is 43.2 Å². The van der Waals surface area contributed by atoms with Gasteiger partial charge in [-0.25, -0.2) is 13.2 Å². The molecule has 2 aliphatic rings. The first-order valence-corrected chi connectivity index (χ1v) is 13.4. The number of rotatable bonds is 7. The van der Waals surface area contributed by atoms with E-state index < -0.39 is 21.1 Å². The monoisotopic (exact) mass is 489 g/mol. The highest BCUT2D eigenvalue weighted by Gasteiger charge is 2.39. The molecule has 1 amide bonds. The molecule has 2 heterocycles. The van der Waals surface area contributed by atoms with E-state index in [0.29, 0.717) is 6.42 Å². The van der Waals surface area contributed by atoms with Crippen LogP contribution < -0.4 is 21.9 Å². The average molecular weight is 490 g/mol. The van der Waals surface area contributed by atoms with Gasteiger partial charge in [0.2, 0.25) is 5.91 Å². The average Bonchev–Trinajstić information content (AvgIpc) is 3.42. The Labute approximate surface area is 198 Å². The summed E-state index contributed by atoms with van der Waals surface area (Å²) < 4.78 is 25.5. The number of carbonyl (C=O) groups excluding carboxylic acids is 1. The molecular formula is C23H31N5O5S. The summed E-state index contributed by atoms with van der Waals surface area (Å²) >= 11 is 0. The van der Waals surface area contributed by atoms with Crippen LogP contribution in [0.3, 0.4) is 0 Å². The highest BCUT2D eigenvalue weighted by Crippen LogP contribution is 2.29. The van der Waals surface area contributed by atoms with Gasteiger partial charge in [0.15, 0.2) is 9.84 Å². The number of nitrogens with two attached hydrogens (primary N) is 1. The molecule has 1 aliphatic carbocycles. The number of benzene rings is 1. The number of aromatic nitrogens is 2. The minimum atomic E-state index is -3.16. The maximum absolute atomic E-state index is 13.4. The van der Waals surface area contributed by atoms with E-state index in [1.54, 1.807) is 11.9 Å². The van der Waals surface area contributed by atoms with Crippen LogP contribution in [0.5, 0.6) is 0 Å². The van der Waals surface area contributed by atoms with Gasteiger partial charge in [0, 0.05) is 19.1 Å². The third-order valence-electron chi connectivity index (χ3n) is 6.76. The van der Waals surface area contributed by atoms with Crippen molar-refractivity contribution in [3.8, 4) is 0 Å². The minimum absolute atomic E-state index is 0.00173. The number of aromatic amines is 1. The lowest BCUT2D eigenvalue weighted by Crippen LogP contribution is -2.51. The summed E-state index contributed by atoms with van der Waals surface area (Å²) in [5, 5.41) is 0. The first-order valence-electron chi connectivity index (χ1n) is 11.6. The van der Waals surface area contributed by atoms with Gasteiger partial charge in [0.25, 0.3) is 5.56 Å². The Morgan fingerprint density at radius 2 is 1.79 bits per heavy atom. The van der Waals surface area contributed by atoms with E-state index in [1.165, 1.54) is 9.47 Å². The van der Waals surface area contributed by atoms with E-state index in [0.717, 1.165) is 31.2 Å². The van der Waals surface area contributed by atoms with Crippen LogP contribution in [-0.4, -0.2) is 66.0 Å². The van der Waals surface area contributed by atoms with Crippen molar-refractivity contribution in [2.45, 2.75) is 50.7 Å². The fraction of sp³-hybridized carbons (Fsp3) is 0.522. The predicted molar refractivity (Wildman–Crippen MR) is 131 cm³/mol. The van der Waals surface area contributed by atoms with Crippen LogP contribution >= 0.6 is 0 Å². The summed E-state index contributed by atoms with van der Waals surface area (Å²) in [6.07, 6.45) is 4.12. The first-order chi connectivity index (χ1) is 16.2. The number of sulfone groups is 1. The number of hydrogen-bond acceptors (Lipinski definition) is 7. The van der Waals surface area contributed by atoms with Crippen LogP contribution in [0.2, 0.25) is 0 Å². The lowest BCUT2D eigenvalue weighted by atomic mass is 10.1. The Kier molecular flexibility index (Phi) is 6.83. The van der Waals surface area contributed by atoms with Crippen LogP contribution in [0.15, 0.2) is 39.9 Å². The lowest BCUT2D eigenvalue weighted by molar-refractivity contribution is -0.134. The molecule has 1 saturated heterocycles. The van der Waals surface area contributed by atoms with E-state index in [4.69, 9.17) is 5.73 Å². The summed E-state index contributed by atoms with van der Waals surface area (Å²) in [5.41, 5.74) is 5.84. The predicted octanol–water partition coefficient (Wildman–Crippen LogP) is 0.562. The molecule has 0 bridgehead atoms.